The van der Waals surface area contributed by atoms with Gasteiger partial charge in [0.1, 0.15) is 5.76 Å². The largest absolute Gasteiger partial charge is 0.455 e. The van der Waals surface area contributed by atoms with Gasteiger partial charge in [0.25, 0.3) is 0 Å². The summed E-state index contributed by atoms with van der Waals surface area (Å²) in [5, 5.41) is 2.22. The zero-order valence-electron chi connectivity index (χ0n) is 23.8. The van der Waals surface area contributed by atoms with Gasteiger partial charge in [0.2, 0.25) is 11.7 Å². The molecule has 216 valence electrons. The maximum atomic E-state index is 13.3. The predicted molar refractivity (Wildman–Crippen MR) is 159 cm³/mol. The summed E-state index contributed by atoms with van der Waals surface area (Å²) in [6, 6.07) is 30.4. The van der Waals surface area contributed by atoms with Crippen LogP contribution in [-0.2, 0) is 36.0 Å². The van der Waals surface area contributed by atoms with Gasteiger partial charge < -0.3 is 10.2 Å². The summed E-state index contributed by atoms with van der Waals surface area (Å²) >= 11 is 0. The zero-order valence-corrected chi connectivity index (χ0v) is 23.8. The molecule has 7 heteroatoms. The van der Waals surface area contributed by atoms with Crippen molar-refractivity contribution in [3.63, 3.8) is 0 Å². The standard InChI is InChI=1S/C35H33F3N2O2/c1-23-12-15-25-8-4-5-9-28(25)30(23)22-40(21-27-18-19-32(42-27)35(36,37)38)20-24-13-16-26(17-14-24)29-10-6-7-11-31(29)34(2,3)33(39)41/h4-19H,20-22H2,1-3H3,(H2,39,41). The number of rotatable bonds is 9. The van der Waals surface area contributed by atoms with E-state index >= 15 is 0 Å². The summed E-state index contributed by atoms with van der Waals surface area (Å²) in [5.41, 5.74) is 10.8. The summed E-state index contributed by atoms with van der Waals surface area (Å²) in [6.45, 7) is 6.89. The Bertz CT molecular complexity index is 1720. The molecule has 0 spiro atoms. The number of halogens is 3. The van der Waals surface area contributed by atoms with Crippen molar-refractivity contribution in [1.82, 2.24) is 4.90 Å². The third-order valence-electron chi connectivity index (χ3n) is 7.86. The lowest BCUT2D eigenvalue weighted by Crippen LogP contribution is -2.35. The van der Waals surface area contributed by atoms with Gasteiger partial charge in [0.15, 0.2) is 0 Å². The number of nitrogens with two attached hydrogens (primary N) is 1. The smallest absolute Gasteiger partial charge is 0.449 e. The Labute approximate surface area is 243 Å². The van der Waals surface area contributed by atoms with Crippen LogP contribution in [0.1, 0.15) is 47.6 Å². The molecule has 1 amide bonds. The highest BCUT2D eigenvalue weighted by molar-refractivity contribution is 5.89. The van der Waals surface area contributed by atoms with Crippen LogP contribution in [0.15, 0.2) is 101 Å². The molecule has 4 aromatic carbocycles. The maximum absolute atomic E-state index is 13.3. The zero-order chi connectivity index (χ0) is 30.1. The van der Waals surface area contributed by atoms with Crippen LogP contribution in [-0.4, -0.2) is 10.8 Å². The topological polar surface area (TPSA) is 59.5 Å². The minimum absolute atomic E-state index is 0.204. The molecule has 0 unspecified atom stereocenters. The van der Waals surface area contributed by atoms with Crippen molar-refractivity contribution in [3.05, 3.63) is 131 Å². The van der Waals surface area contributed by atoms with Crippen LogP contribution >= 0.6 is 0 Å². The fourth-order valence-electron chi connectivity index (χ4n) is 5.34. The number of primary amides is 1. The predicted octanol–water partition coefficient (Wildman–Crippen LogP) is 8.39. The minimum Gasteiger partial charge on any atom is -0.455 e. The molecular formula is C35H33F3N2O2. The van der Waals surface area contributed by atoms with Gasteiger partial charge in [0.05, 0.1) is 12.0 Å². The Kier molecular flexibility index (Phi) is 7.97. The van der Waals surface area contributed by atoms with E-state index < -0.39 is 23.3 Å². The minimum atomic E-state index is -4.54. The summed E-state index contributed by atoms with van der Waals surface area (Å²) < 4.78 is 45.0. The maximum Gasteiger partial charge on any atom is 0.449 e. The van der Waals surface area contributed by atoms with E-state index in [0.717, 1.165) is 50.2 Å². The number of benzene rings is 4. The number of nitrogens with zero attached hydrogens (tertiary/aromatic N) is 1. The number of furan rings is 1. The number of carbonyl (C=O) groups excluding carboxylic acids is 1. The van der Waals surface area contributed by atoms with E-state index in [2.05, 4.69) is 36.1 Å². The Morgan fingerprint density at radius 2 is 1.50 bits per heavy atom. The van der Waals surface area contributed by atoms with E-state index in [4.69, 9.17) is 10.2 Å². The summed E-state index contributed by atoms with van der Waals surface area (Å²) in [6.07, 6.45) is -4.54. The molecule has 0 atom stereocenters. The van der Waals surface area contributed by atoms with Gasteiger partial charge >= 0.3 is 6.18 Å². The quantitative estimate of drug-likeness (QED) is 0.194. The second-order valence-electron chi connectivity index (χ2n) is 11.2. The first kappa shape index (κ1) is 29.1. The number of alkyl halides is 3. The molecular weight excluding hydrogens is 537 g/mol. The summed E-state index contributed by atoms with van der Waals surface area (Å²) in [7, 11) is 0. The molecule has 0 aliphatic rings. The highest BCUT2D eigenvalue weighted by atomic mass is 19.4. The Morgan fingerprint density at radius 3 is 2.19 bits per heavy atom. The molecule has 0 radical (unpaired) electrons. The monoisotopic (exact) mass is 570 g/mol. The molecule has 0 fully saturated rings. The lowest BCUT2D eigenvalue weighted by atomic mass is 9.79. The second-order valence-corrected chi connectivity index (χ2v) is 11.2. The first-order valence-electron chi connectivity index (χ1n) is 13.8. The van der Waals surface area contributed by atoms with E-state index in [-0.39, 0.29) is 12.3 Å². The van der Waals surface area contributed by atoms with Crippen molar-refractivity contribution in [1.29, 1.82) is 0 Å². The van der Waals surface area contributed by atoms with Crippen LogP contribution in [0.4, 0.5) is 13.2 Å². The number of carbonyl (C=O) groups is 1. The van der Waals surface area contributed by atoms with Crippen LogP contribution < -0.4 is 5.73 Å². The molecule has 0 aliphatic carbocycles. The number of hydrogen-bond donors (Lipinski definition) is 1. The highest BCUT2D eigenvalue weighted by Crippen LogP contribution is 2.34. The number of amides is 1. The molecule has 1 heterocycles. The van der Waals surface area contributed by atoms with Crippen molar-refractivity contribution in [2.75, 3.05) is 0 Å². The van der Waals surface area contributed by atoms with Gasteiger partial charge in [-0.1, -0.05) is 84.9 Å². The molecule has 0 aliphatic heterocycles. The lowest BCUT2D eigenvalue weighted by Gasteiger charge is -2.25. The van der Waals surface area contributed by atoms with E-state index in [1.807, 2.05) is 74.5 Å². The average molecular weight is 571 g/mol. The molecule has 0 bridgehead atoms. The summed E-state index contributed by atoms with van der Waals surface area (Å²) in [4.78, 5) is 14.3. The molecule has 5 aromatic rings. The SMILES string of the molecule is Cc1ccc2ccccc2c1CN(Cc1ccc(-c2ccccc2C(C)(C)C(N)=O)cc1)Cc1ccc(C(F)(F)F)o1. The van der Waals surface area contributed by atoms with Crippen LogP contribution in [0, 0.1) is 6.92 Å². The number of fused-ring (bicyclic) bond motifs is 1. The molecule has 4 nitrogen and oxygen atoms in total. The first-order chi connectivity index (χ1) is 19.9. The van der Waals surface area contributed by atoms with Crippen molar-refractivity contribution in [2.45, 2.75) is 52.0 Å². The lowest BCUT2D eigenvalue weighted by molar-refractivity contribution is -0.153. The van der Waals surface area contributed by atoms with Crippen LogP contribution in [0.3, 0.4) is 0 Å². The summed E-state index contributed by atoms with van der Waals surface area (Å²) in [5.74, 6) is -1.15. The van der Waals surface area contributed by atoms with E-state index in [9.17, 15) is 18.0 Å². The number of hydrogen-bond acceptors (Lipinski definition) is 3. The molecule has 0 saturated carbocycles. The first-order valence-corrected chi connectivity index (χ1v) is 13.8. The average Bonchev–Trinajstić information content (AvgIpc) is 3.44. The molecule has 1 aromatic heterocycles. The van der Waals surface area contributed by atoms with Crippen molar-refractivity contribution >= 4 is 16.7 Å². The van der Waals surface area contributed by atoms with Crippen LogP contribution in [0.25, 0.3) is 21.9 Å². The van der Waals surface area contributed by atoms with Gasteiger partial charge in [-0.15, -0.1) is 0 Å². The Balaban J connectivity index is 1.46. The number of aryl methyl sites for hydroxylation is 1. The van der Waals surface area contributed by atoms with Crippen molar-refractivity contribution < 1.29 is 22.4 Å². The van der Waals surface area contributed by atoms with Crippen molar-refractivity contribution in [3.8, 4) is 11.1 Å². The molecule has 42 heavy (non-hydrogen) atoms. The van der Waals surface area contributed by atoms with E-state index in [0.29, 0.717) is 13.1 Å². The third-order valence-corrected chi connectivity index (χ3v) is 7.86. The molecule has 5 rings (SSSR count). The Morgan fingerprint density at radius 1 is 0.810 bits per heavy atom. The van der Waals surface area contributed by atoms with Gasteiger partial charge in [-0.05, 0) is 77.1 Å². The molecule has 0 saturated heterocycles. The van der Waals surface area contributed by atoms with Crippen molar-refractivity contribution in [2.24, 2.45) is 5.73 Å². The van der Waals surface area contributed by atoms with Gasteiger partial charge in [0, 0.05) is 13.1 Å². The fourth-order valence-corrected chi connectivity index (χ4v) is 5.34. The van der Waals surface area contributed by atoms with Gasteiger partial charge in [-0.25, -0.2) is 0 Å². The van der Waals surface area contributed by atoms with E-state index in [1.54, 1.807) is 0 Å². The van der Waals surface area contributed by atoms with E-state index in [1.165, 1.54) is 6.07 Å². The highest BCUT2D eigenvalue weighted by Gasteiger charge is 2.35. The molecule has 2 N–H and O–H groups in total. The van der Waals surface area contributed by atoms with Crippen LogP contribution in [0.2, 0.25) is 0 Å². The normalized spacial score (nSPS) is 12.3. The Hall–Kier alpha value is -4.36. The van der Waals surface area contributed by atoms with Gasteiger partial charge in [-0.3, -0.25) is 9.69 Å². The fraction of sp³-hybridized carbons (Fsp3) is 0.229. The van der Waals surface area contributed by atoms with Crippen LogP contribution in [0.5, 0.6) is 0 Å². The van der Waals surface area contributed by atoms with Gasteiger partial charge in [-0.2, -0.15) is 13.2 Å². The third kappa shape index (κ3) is 6.11. The second kappa shape index (κ2) is 11.5.